The molecule has 0 aromatic rings. The maximum absolute atomic E-state index is 8.74. The van der Waals surface area contributed by atoms with E-state index < -0.39 is 16.5 Å². The van der Waals surface area contributed by atoms with Crippen molar-refractivity contribution in [3.8, 4) is 0 Å². The maximum Gasteiger partial charge on any atom is 0.314 e. The van der Waals surface area contributed by atoms with Crippen molar-refractivity contribution >= 4 is 16.5 Å². The van der Waals surface area contributed by atoms with Crippen LogP contribution in [0.1, 0.15) is 13.8 Å². The molecule has 0 aliphatic heterocycles. The van der Waals surface area contributed by atoms with Crippen LogP contribution in [0.5, 0.6) is 0 Å². The Morgan fingerprint density at radius 1 is 0.800 bits per heavy atom. The molecule has 0 atom stereocenters. The van der Waals surface area contributed by atoms with Gasteiger partial charge in [-0.2, -0.15) is 0 Å². The van der Waals surface area contributed by atoms with Crippen molar-refractivity contribution in [2.75, 3.05) is 0 Å². The Morgan fingerprint density at radius 3 is 0.800 bits per heavy atom. The average molecular weight is 194 g/mol. The van der Waals surface area contributed by atoms with Crippen LogP contribution in [0.25, 0.3) is 0 Å². The number of rotatable bonds is 0. The van der Waals surface area contributed by atoms with Gasteiger partial charge in [-0.3, -0.25) is 9.13 Å². The molecule has 0 fully saturated rings. The highest BCUT2D eigenvalue weighted by molar-refractivity contribution is 7.31. The summed E-state index contributed by atoms with van der Waals surface area (Å²) in [5, 5.41) is 0. The van der Waals surface area contributed by atoms with Crippen LogP contribution >= 0.6 is 16.5 Å². The summed E-state index contributed by atoms with van der Waals surface area (Å²) >= 11 is 0. The fourth-order valence-electron chi connectivity index (χ4n) is 0. The molecule has 0 aromatic carbocycles. The molecule has 0 rings (SSSR count). The van der Waals surface area contributed by atoms with Gasteiger partial charge in [-0.1, -0.05) is 13.8 Å². The van der Waals surface area contributed by atoms with Crippen molar-refractivity contribution < 1.29 is 28.7 Å². The van der Waals surface area contributed by atoms with Crippen LogP contribution in [0.2, 0.25) is 0 Å². The lowest BCUT2D eigenvalue weighted by Crippen LogP contribution is -1.38. The first-order chi connectivity index (χ1) is 4.46. The van der Waals surface area contributed by atoms with E-state index in [1.54, 1.807) is 0 Å². The lowest BCUT2D eigenvalue weighted by atomic mass is 11.0. The van der Waals surface area contributed by atoms with Gasteiger partial charge in [0.2, 0.25) is 0 Å². The van der Waals surface area contributed by atoms with E-state index in [2.05, 4.69) is 0 Å². The normalized spacial score (nSPS) is 7.60. The summed E-state index contributed by atoms with van der Waals surface area (Å²) in [6.07, 6.45) is 0. The van der Waals surface area contributed by atoms with E-state index in [9.17, 15) is 0 Å². The van der Waals surface area contributed by atoms with Gasteiger partial charge in [-0.05, 0) is 0 Å². The minimum atomic E-state index is -3.13. The Kier molecular flexibility index (Phi) is 27.0. The predicted octanol–water partition coefficient (Wildman–Crippen LogP) is -0.252. The summed E-state index contributed by atoms with van der Waals surface area (Å²) in [5.74, 6) is 0. The highest BCUT2D eigenvalue weighted by atomic mass is 31.1. The van der Waals surface area contributed by atoms with Crippen molar-refractivity contribution in [1.29, 1.82) is 0 Å². The Balaban J connectivity index is -0.0000000787. The second-order valence-corrected chi connectivity index (χ2v) is 1.70. The Labute approximate surface area is 60.0 Å². The molecular formula is C2H12O6P2. The lowest BCUT2D eigenvalue weighted by Gasteiger charge is -1.61. The molecule has 0 unspecified atom stereocenters. The van der Waals surface area contributed by atoms with Crippen LogP contribution < -0.4 is 0 Å². The Bertz CT molecular complexity index is 71.7. The van der Waals surface area contributed by atoms with Gasteiger partial charge in [0.05, 0.1) is 0 Å². The molecule has 8 heteroatoms. The lowest BCUT2D eigenvalue weighted by molar-refractivity contribution is 0.403. The van der Waals surface area contributed by atoms with Crippen LogP contribution in [0.3, 0.4) is 0 Å². The van der Waals surface area contributed by atoms with E-state index in [1.165, 1.54) is 0 Å². The smallest absolute Gasteiger partial charge is 0.314 e. The third-order valence-corrected chi connectivity index (χ3v) is 0. The zero-order valence-corrected chi connectivity index (χ0v) is 7.61. The minimum absolute atomic E-state index is 2.00. The van der Waals surface area contributed by atoms with Crippen LogP contribution in [0.15, 0.2) is 0 Å². The predicted molar refractivity (Wildman–Crippen MR) is 38.2 cm³/mol. The number of hydrogen-bond donors (Lipinski definition) is 4. The van der Waals surface area contributed by atoms with Crippen molar-refractivity contribution in [3.63, 3.8) is 0 Å². The molecule has 0 spiro atoms. The van der Waals surface area contributed by atoms with Gasteiger partial charge in [-0.25, -0.2) is 0 Å². The minimum Gasteiger partial charge on any atom is -0.326 e. The molecule has 0 aliphatic carbocycles. The molecule has 4 N–H and O–H groups in total. The van der Waals surface area contributed by atoms with E-state index in [0.717, 1.165) is 0 Å². The molecule has 0 bridgehead atoms. The molecule has 0 heterocycles. The fraction of sp³-hybridized carbons (Fsp3) is 1.00. The van der Waals surface area contributed by atoms with E-state index in [0.29, 0.717) is 0 Å². The first-order valence-corrected chi connectivity index (χ1v) is 4.91. The van der Waals surface area contributed by atoms with Crippen molar-refractivity contribution in [3.05, 3.63) is 0 Å². The number of hydrogen-bond acceptors (Lipinski definition) is 2. The third kappa shape index (κ3) is 4910. The van der Waals surface area contributed by atoms with E-state index in [-0.39, 0.29) is 0 Å². The van der Waals surface area contributed by atoms with Gasteiger partial charge in [0, 0.05) is 0 Å². The van der Waals surface area contributed by atoms with Crippen molar-refractivity contribution in [1.82, 2.24) is 0 Å². The zero-order chi connectivity index (χ0) is 9.15. The topological polar surface area (TPSA) is 115 Å². The van der Waals surface area contributed by atoms with Crippen LogP contribution in [0.4, 0.5) is 0 Å². The van der Waals surface area contributed by atoms with E-state index in [1.807, 2.05) is 13.8 Å². The van der Waals surface area contributed by atoms with Gasteiger partial charge >= 0.3 is 16.5 Å². The van der Waals surface area contributed by atoms with Gasteiger partial charge in [0.25, 0.3) is 0 Å². The van der Waals surface area contributed by atoms with Crippen LogP contribution in [0, 0.1) is 0 Å². The van der Waals surface area contributed by atoms with Crippen LogP contribution in [-0.4, -0.2) is 19.6 Å². The third-order valence-electron chi connectivity index (χ3n) is 0. The maximum atomic E-state index is 8.74. The molecule has 66 valence electrons. The molecule has 0 saturated heterocycles. The zero-order valence-electron chi connectivity index (χ0n) is 5.61. The Hall–Kier alpha value is 0.300. The molecule has 0 amide bonds. The SMILES string of the molecule is CC.O=[PH](O)O.O=[PH](O)O. The van der Waals surface area contributed by atoms with Crippen LogP contribution in [-0.2, 0) is 9.13 Å². The average Bonchev–Trinajstić information content (AvgIpc) is 1.66. The van der Waals surface area contributed by atoms with Crippen molar-refractivity contribution in [2.24, 2.45) is 0 Å². The quantitative estimate of drug-likeness (QED) is 0.395. The van der Waals surface area contributed by atoms with E-state index >= 15 is 0 Å². The molecule has 0 radical (unpaired) electrons. The first kappa shape index (κ1) is 16.7. The Morgan fingerprint density at radius 2 is 0.800 bits per heavy atom. The fourth-order valence-corrected chi connectivity index (χ4v) is 0. The standard InChI is InChI=1S/C2H6.2H3O3P/c1-2;2*1-4(2)3/h1-2H3;2*4H,(H2,1,2,3). The monoisotopic (exact) mass is 194 g/mol. The molecule has 0 aromatic heterocycles. The summed E-state index contributed by atoms with van der Waals surface area (Å²) in [4.78, 5) is 28.6. The molecule has 10 heavy (non-hydrogen) atoms. The van der Waals surface area contributed by atoms with Gasteiger partial charge in [0.15, 0.2) is 0 Å². The molecule has 0 saturated carbocycles. The summed E-state index contributed by atoms with van der Waals surface area (Å²) in [5.41, 5.74) is 0. The second-order valence-electron chi connectivity index (χ2n) is 0.565. The van der Waals surface area contributed by atoms with Gasteiger partial charge < -0.3 is 19.6 Å². The first-order valence-electron chi connectivity index (χ1n) is 2.30. The van der Waals surface area contributed by atoms with Gasteiger partial charge in [-0.15, -0.1) is 0 Å². The highest BCUT2D eigenvalue weighted by Gasteiger charge is 1.62. The highest BCUT2D eigenvalue weighted by Crippen LogP contribution is 1.98. The van der Waals surface area contributed by atoms with Gasteiger partial charge in [0.1, 0.15) is 0 Å². The molecule has 6 nitrogen and oxygen atoms in total. The second kappa shape index (κ2) is 16.1. The summed E-state index contributed by atoms with van der Waals surface area (Å²) in [6, 6.07) is 0. The largest absolute Gasteiger partial charge is 0.326 e. The van der Waals surface area contributed by atoms with Crippen molar-refractivity contribution in [2.45, 2.75) is 13.8 Å². The summed E-state index contributed by atoms with van der Waals surface area (Å²) in [6.45, 7) is 4.00. The summed E-state index contributed by atoms with van der Waals surface area (Å²) in [7, 11) is -6.26. The molecule has 0 aliphatic rings. The summed E-state index contributed by atoms with van der Waals surface area (Å²) < 4.78 is 17.5. The van der Waals surface area contributed by atoms with E-state index in [4.69, 9.17) is 28.7 Å². The molecular weight excluding hydrogens is 182 g/mol.